The number of carbonyl (C=O) groups is 1. The maximum absolute atomic E-state index is 13.0. The van der Waals surface area contributed by atoms with Crippen molar-refractivity contribution in [3.05, 3.63) is 48.3 Å². The average Bonchev–Trinajstić information content (AvgIpc) is 3.54. The molecule has 0 N–H and O–H groups in total. The van der Waals surface area contributed by atoms with Gasteiger partial charge in [0, 0.05) is 51.7 Å². The number of hydrogen-bond acceptors (Lipinski definition) is 8. The van der Waals surface area contributed by atoms with E-state index in [0.29, 0.717) is 18.8 Å². The number of benzene rings is 1. The minimum absolute atomic E-state index is 0.120. The topological polar surface area (TPSA) is 83.3 Å². The van der Waals surface area contributed by atoms with E-state index in [4.69, 9.17) is 0 Å². The molecule has 0 saturated carbocycles. The Balaban J connectivity index is 1.26. The molecule has 0 unspecified atom stereocenters. The van der Waals surface area contributed by atoms with Crippen LogP contribution in [0.15, 0.2) is 47.9 Å². The van der Waals surface area contributed by atoms with Crippen molar-refractivity contribution < 1.29 is 4.79 Å². The largest absolute Gasteiger partial charge is 0.341 e. The van der Waals surface area contributed by atoms with Crippen molar-refractivity contribution in [1.29, 1.82) is 0 Å². The third kappa shape index (κ3) is 4.80. The number of carbonyl (C=O) groups excluding carboxylic acids is 1. The molecular weight excluding hydrogens is 436 g/mol. The number of amides is 1. The van der Waals surface area contributed by atoms with Crippen LogP contribution in [-0.4, -0.2) is 80.6 Å². The van der Waals surface area contributed by atoms with Crippen LogP contribution < -0.4 is 9.80 Å². The highest BCUT2D eigenvalue weighted by molar-refractivity contribution is 7.99. The van der Waals surface area contributed by atoms with Gasteiger partial charge in [0.05, 0.1) is 11.4 Å². The smallest absolute Gasteiger partial charge is 0.233 e. The summed E-state index contributed by atoms with van der Waals surface area (Å²) >= 11 is 1.46. The van der Waals surface area contributed by atoms with Gasteiger partial charge < -0.3 is 14.7 Å². The summed E-state index contributed by atoms with van der Waals surface area (Å²) in [6.45, 7) is 6.86. The first-order chi connectivity index (χ1) is 16.2. The molecule has 2 saturated heterocycles. The van der Waals surface area contributed by atoms with E-state index < -0.39 is 0 Å². The first-order valence-electron chi connectivity index (χ1n) is 11.4. The van der Waals surface area contributed by atoms with Crippen molar-refractivity contribution in [3.63, 3.8) is 0 Å². The van der Waals surface area contributed by atoms with E-state index in [-0.39, 0.29) is 5.91 Å². The lowest BCUT2D eigenvalue weighted by Crippen LogP contribution is -2.49. The van der Waals surface area contributed by atoms with Crippen LogP contribution in [0.4, 0.5) is 11.9 Å². The average molecular weight is 465 g/mol. The molecule has 3 aromatic rings. The SMILES string of the molecule is Cc1ccc(-n2c(SCC(=O)N3CCN(c4ncccn4)CC3)nnc2N2CCCC2)cc1. The standard InChI is InChI=1S/C23H28N8OS/c1-18-5-7-19(8-6-18)31-22(30-11-2-3-12-30)26-27-23(31)33-17-20(32)28-13-15-29(16-14-28)21-24-9-4-10-25-21/h4-10H,2-3,11-17H2,1H3. The lowest BCUT2D eigenvalue weighted by Gasteiger charge is -2.34. The number of aromatic nitrogens is 5. The van der Waals surface area contributed by atoms with Gasteiger partial charge in [0.25, 0.3) is 0 Å². The second-order valence-electron chi connectivity index (χ2n) is 8.35. The van der Waals surface area contributed by atoms with E-state index in [2.05, 4.69) is 65.7 Å². The molecule has 0 spiro atoms. The van der Waals surface area contributed by atoms with E-state index in [1.807, 2.05) is 11.0 Å². The van der Waals surface area contributed by atoms with Gasteiger partial charge in [-0.2, -0.15) is 0 Å². The van der Waals surface area contributed by atoms with E-state index in [9.17, 15) is 4.79 Å². The molecule has 1 amide bonds. The predicted octanol–water partition coefficient (Wildman–Crippen LogP) is 2.41. The molecule has 0 aliphatic carbocycles. The van der Waals surface area contributed by atoms with E-state index in [1.54, 1.807) is 12.4 Å². The summed E-state index contributed by atoms with van der Waals surface area (Å²) in [5.41, 5.74) is 2.23. The summed E-state index contributed by atoms with van der Waals surface area (Å²) in [6, 6.07) is 10.2. The normalized spacial score (nSPS) is 16.5. The molecule has 2 aliphatic rings. The Kier molecular flexibility index (Phi) is 6.43. The van der Waals surface area contributed by atoms with Crippen molar-refractivity contribution in [2.75, 3.05) is 54.8 Å². The minimum Gasteiger partial charge on any atom is -0.341 e. The van der Waals surface area contributed by atoms with Crippen molar-refractivity contribution >= 4 is 29.6 Å². The monoisotopic (exact) mass is 464 g/mol. The highest BCUT2D eigenvalue weighted by Crippen LogP contribution is 2.29. The second kappa shape index (κ2) is 9.78. The van der Waals surface area contributed by atoms with Gasteiger partial charge in [-0.15, -0.1) is 10.2 Å². The maximum Gasteiger partial charge on any atom is 0.233 e. The Hall–Kier alpha value is -3.14. The molecule has 1 aromatic carbocycles. The van der Waals surface area contributed by atoms with Gasteiger partial charge in [-0.05, 0) is 38.0 Å². The molecule has 0 bridgehead atoms. The first-order valence-corrected chi connectivity index (χ1v) is 12.4. The Bertz CT molecular complexity index is 1070. The van der Waals surface area contributed by atoms with Crippen molar-refractivity contribution in [2.45, 2.75) is 24.9 Å². The summed E-state index contributed by atoms with van der Waals surface area (Å²) < 4.78 is 2.09. The number of anilines is 2. The third-order valence-electron chi connectivity index (χ3n) is 6.09. The fourth-order valence-corrected chi connectivity index (χ4v) is 5.08. The van der Waals surface area contributed by atoms with Gasteiger partial charge in [-0.3, -0.25) is 9.36 Å². The van der Waals surface area contributed by atoms with Crippen LogP contribution in [-0.2, 0) is 4.79 Å². The number of hydrogen-bond donors (Lipinski definition) is 0. The molecule has 0 atom stereocenters. The number of nitrogens with zero attached hydrogens (tertiary/aromatic N) is 8. The molecule has 2 aromatic heterocycles. The minimum atomic E-state index is 0.120. The van der Waals surface area contributed by atoms with Gasteiger partial charge in [0.15, 0.2) is 5.16 Å². The van der Waals surface area contributed by atoms with E-state index in [0.717, 1.165) is 48.9 Å². The molecule has 2 fully saturated rings. The molecular formula is C23H28N8OS. The summed E-state index contributed by atoms with van der Waals surface area (Å²) in [5, 5.41) is 9.73. The van der Waals surface area contributed by atoms with Crippen LogP contribution in [0.1, 0.15) is 18.4 Å². The molecule has 33 heavy (non-hydrogen) atoms. The summed E-state index contributed by atoms with van der Waals surface area (Å²) in [6.07, 6.45) is 5.83. The number of piperazine rings is 1. The van der Waals surface area contributed by atoms with Gasteiger partial charge in [-0.25, -0.2) is 9.97 Å². The second-order valence-corrected chi connectivity index (χ2v) is 9.30. The van der Waals surface area contributed by atoms with Crippen LogP contribution in [0.25, 0.3) is 5.69 Å². The highest BCUT2D eigenvalue weighted by Gasteiger charge is 2.25. The Morgan fingerprint density at radius 2 is 1.61 bits per heavy atom. The Morgan fingerprint density at radius 1 is 0.909 bits per heavy atom. The van der Waals surface area contributed by atoms with Gasteiger partial charge >= 0.3 is 0 Å². The van der Waals surface area contributed by atoms with Crippen LogP contribution >= 0.6 is 11.8 Å². The predicted molar refractivity (Wildman–Crippen MR) is 129 cm³/mol. The summed E-state index contributed by atoms with van der Waals surface area (Å²) in [4.78, 5) is 27.9. The molecule has 10 heteroatoms. The van der Waals surface area contributed by atoms with Gasteiger partial charge in [-0.1, -0.05) is 29.5 Å². The van der Waals surface area contributed by atoms with E-state index >= 15 is 0 Å². The molecule has 0 radical (unpaired) electrons. The zero-order valence-electron chi connectivity index (χ0n) is 18.8. The summed E-state index contributed by atoms with van der Waals surface area (Å²) in [5.74, 6) is 2.04. The van der Waals surface area contributed by atoms with Crippen molar-refractivity contribution in [2.24, 2.45) is 0 Å². The zero-order valence-corrected chi connectivity index (χ0v) is 19.6. The Labute approximate surface area is 197 Å². The maximum atomic E-state index is 13.0. The molecule has 4 heterocycles. The highest BCUT2D eigenvalue weighted by atomic mass is 32.2. The number of rotatable bonds is 6. The quantitative estimate of drug-likeness (QED) is 0.515. The number of thioether (sulfide) groups is 1. The number of aryl methyl sites for hydroxylation is 1. The lowest BCUT2D eigenvalue weighted by molar-refractivity contribution is -0.128. The lowest BCUT2D eigenvalue weighted by atomic mass is 10.2. The Morgan fingerprint density at radius 3 is 2.30 bits per heavy atom. The third-order valence-corrected chi connectivity index (χ3v) is 7.00. The first kappa shape index (κ1) is 21.7. The van der Waals surface area contributed by atoms with Crippen LogP contribution in [0.2, 0.25) is 0 Å². The van der Waals surface area contributed by atoms with Crippen molar-refractivity contribution in [3.8, 4) is 5.69 Å². The van der Waals surface area contributed by atoms with Gasteiger partial charge in [0.2, 0.25) is 17.8 Å². The summed E-state index contributed by atoms with van der Waals surface area (Å²) in [7, 11) is 0. The van der Waals surface area contributed by atoms with Gasteiger partial charge in [0.1, 0.15) is 0 Å². The molecule has 9 nitrogen and oxygen atoms in total. The molecule has 172 valence electrons. The molecule has 2 aliphatic heterocycles. The van der Waals surface area contributed by atoms with Crippen molar-refractivity contribution in [1.82, 2.24) is 29.6 Å². The fraction of sp³-hybridized carbons (Fsp3) is 0.435. The fourth-order valence-electron chi connectivity index (χ4n) is 4.23. The van der Waals surface area contributed by atoms with Crippen LogP contribution in [0.5, 0.6) is 0 Å². The van der Waals surface area contributed by atoms with E-state index in [1.165, 1.54) is 30.2 Å². The zero-order chi connectivity index (χ0) is 22.6. The molecule has 5 rings (SSSR count). The van der Waals surface area contributed by atoms with Crippen LogP contribution in [0.3, 0.4) is 0 Å². The van der Waals surface area contributed by atoms with Crippen LogP contribution in [0, 0.1) is 6.92 Å².